The fourth-order valence-corrected chi connectivity index (χ4v) is 3.26. The molecular weight excluding hydrogens is 418 g/mol. The first-order valence-electron chi connectivity index (χ1n) is 8.75. The SMILES string of the molecule is COc1ccc(-c2nc3cc(C)ccn3c2NC(=O)c2ccc(Br)cc2)cc1. The summed E-state index contributed by atoms with van der Waals surface area (Å²) in [5.74, 6) is 1.21. The summed E-state index contributed by atoms with van der Waals surface area (Å²) in [6, 6.07) is 18.8. The molecule has 0 radical (unpaired) electrons. The van der Waals surface area contributed by atoms with E-state index in [1.165, 1.54) is 0 Å². The van der Waals surface area contributed by atoms with Crippen molar-refractivity contribution in [3.63, 3.8) is 0 Å². The number of rotatable bonds is 4. The zero-order chi connectivity index (χ0) is 19.7. The maximum Gasteiger partial charge on any atom is 0.256 e. The van der Waals surface area contributed by atoms with Crippen molar-refractivity contribution in [1.82, 2.24) is 9.38 Å². The highest BCUT2D eigenvalue weighted by Gasteiger charge is 2.17. The van der Waals surface area contributed by atoms with Crippen molar-refractivity contribution >= 4 is 33.3 Å². The smallest absolute Gasteiger partial charge is 0.256 e. The van der Waals surface area contributed by atoms with Crippen molar-refractivity contribution in [2.24, 2.45) is 0 Å². The topological polar surface area (TPSA) is 55.6 Å². The van der Waals surface area contributed by atoms with Gasteiger partial charge in [-0.2, -0.15) is 0 Å². The van der Waals surface area contributed by atoms with Gasteiger partial charge in [0.05, 0.1) is 7.11 Å². The highest BCUT2D eigenvalue weighted by molar-refractivity contribution is 9.10. The minimum Gasteiger partial charge on any atom is -0.497 e. The molecule has 0 unspecified atom stereocenters. The fourth-order valence-electron chi connectivity index (χ4n) is 3.00. The van der Waals surface area contributed by atoms with Crippen molar-refractivity contribution in [2.45, 2.75) is 6.92 Å². The molecule has 0 aliphatic rings. The average molecular weight is 436 g/mol. The van der Waals surface area contributed by atoms with Gasteiger partial charge in [-0.15, -0.1) is 0 Å². The molecule has 2 aromatic carbocycles. The Morgan fingerprint density at radius 2 is 1.79 bits per heavy atom. The molecular formula is C22H18BrN3O2. The van der Waals surface area contributed by atoms with E-state index in [-0.39, 0.29) is 5.91 Å². The predicted octanol–water partition coefficient (Wildman–Crippen LogP) is 5.33. The van der Waals surface area contributed by atoms with Gasteiger partial charge in [-0.05, 0) is 73.2 Å². The lowest BCUT2D eigenvalue weighted by Crippen LogP contribution is -2.14. The van der Waals surface area contributed by atoms with E-state index in [1.54, 1.807) is 19.2 Å². The maximum absolute atomic E-state index is 12.8. The van der Waals surface area contributed by atoms with Crippen LogP contribution in [0.2, 0.25) is 0 Å². The predicted molar refractivity (Wildman–Crippen MR) is 114 cm³/mol. The van der Waals surface area contributed by atoms with Crippen molar-refractivity contribution in [1.29, 1.82) is 0 Å². The van der Waals surface area contributed by atoms with Crippen LogP contribution in [0.1, 0.15) is 15.9 Å². The van der Waals surface area contributed by atoms with Gasteiger partial charge in [0.15, 0.2) is 0 Å². The molecule has 0 aliphatic carbocycles. The molecule has 0 fully saturated rings. The van der Waals surface area contributed by atoms with E-state index < -0.39 is 0 Å². The summed E-state index contributed by atoms with van der Waals surface area (Å²) in [5.41, 5.74) is 4.06. The number of aromatic nitrogens is 2. The van der Waals surface area contributed by atoms with E-state index in [4.69, 9.17) is 9.72 Å². The number of aryl methyl sites for hydroxylation is 1. The highest BCUT2D eigenvalue weighted by atomic mass is 79.9. The van der Waals surface area contributed by atoms with Gasteiger partial charge in [0.1, 0.15) is 22.9 Å². The lowest BCUT2D eigenvalue weighted by molar-refractivity contribution is 0.102. The van der Waals surface area contributed by atoms with Crippen LogP contribution >= 0.6 is 15.9 Å². The van der Waals surface area contributed by atoms with Crippen LogP contribution < -0.4 is 10.1 Å². The van der Waals surface area contributed by atoms with E-state index in [0.29, 0.717) is 17.1 Å². The van der Waals surface area contributed by atoms with E-state index in [2.05, 4.69) is 21.2 Å². The number of hydrogen-bond acceptors (Lipinski definition) is 3. The van der Waals surface area contributed by atoms with Crippen molar-refractivity contribution in [3.05, 3.63) is 82.5 Å². The number of halogens is 1. The number of carbonyl (C=O) groups excluding carboxylic acids is 1. The first-order valence-corrected chi connectivity index (χ1v) is 9.54. The van der Waals surface area contributed by atoms with E-state index >= 15 is 0 Å². The standard InChI is InChI=1S/C22H18BrN3O2/c1-14-11-12-26-19(13-14)24-20(15-5-9-18(28-2)10-6-15)21(26)25-22(27)16-3-7-17(23)8-4-16/h3-13H,1-2H3,(H,25,27). The number of nitrogens with zero attached hydrogens (tertiary/aromatic N) is 2. The second-order valence-corrected chi connectivity index (χ2v) is 7.35. The number of nitrogens with one attached hydrogen (secondary N) is 1. The molecule has 28 heavy (non-hydrogen) atoms. The number of carbonyl (C=O) groups is 1. The van der Waals surface area contributed by atoms with Gasteiger partial charge in [0.25, 0.3) is 5.91 Å². The molecule has 1 amide bonds. The summed E-state index contributed by atoms with van der Waals surface area (Å²) in [6.07, 6.45) is 1.92. The van der Waals surface area contributed by atoms with E-state index in [1.807, 2.05) is 66.1 Å². The Morgan fingerprint density at radius 1 is 1.07 bits per heavy atom. The van der Waals surface area contributed by atoms with Gasteiger partial charge in [0.2, 0.25) is 0 Å². The maximum atomic E-state index is 12.8. The number of imidazole rings is 1. The van der Waals surface area contributed by atoms with Crippen LogP contribution in [0.4, 0.5) is 5.82 Å². The quantitative estimate of drug-likeness (QED) is 0.470. The molecule has 140 valence electrons. The third-order valence-electron chi connectivity index (χ3n) is 4.48. The molecule has 0 atom stereocenters. The van der Waals surface area contributed by atoms with Crippen LogP contribution in [0.15, 0.2) is 71.3 Å². The first kappa shape index (κ1) is 18.3. The van der Waals surface area contributed by atoms with Crippen LogP contribution in [0.25, 0.3) is 16.9 Å². The Labute approximate surface area is 171 Å². The number of ether oxygens (including phenoxy) is 1. The molecule has 4 aromatic rings. The molecule has 0 spiro atoms. The molecule has 0 saturated heterocycles. The van der Waals surface area contributed by atoms with Crippen molar-refractivity contribution < 1.29 is 9.53 Å². The lowest BCUT2D eigenvalue weighted by atomic mass is 10.1. The summed E-state index contributed by atoms with van der Waals surface area (Å²) < 4.78 is 8.06. The van der Waals surface area contributed by atoms with Gasteiger partial charge in [-0.3, -0.25) is 9.20 Å². The third kappa shape index (κ3) is 3.51. The summed E-state index contributed by atoms with van der Waals surface area (Å²) in [6.45, 7) is 2.02. The largest absolute Gasteiger partial charge is 0.497 e. The molecule has 2 heterocycles. The van der Waals surface area contributed by atoms with Crippen molar-refractivity contribution in [3.8, 4) is 17.0 Å². The molecule has 6 heteroatoms. The molecule has 0 saturated carbocycles. The lowest BCUT2D eigenvalue weighted by Gasteiger charge is -2.09. The third-order valence-corrected chi connectivity index (χ3v) is 5.01. The zero-order valence-electron chi connectivity index (χ0n) is 15.4. The molecule has 4 rings (SSSR count). The normalized spacial score (nSPS) is 10.8. The minimum atomic E-state index is -0.190. The number of benzene rings is 2. The number of methoxy groups -OCH3 is 1. The molecule has 2 aromatic heterocycles. The minimum absolute atomic E-state index is 0.190. The molecule has 0 aliphatic heterocycles. The van der Waals surface area contributed by atoms with Crippen LogP contribution in [0.3, 0.4) is 0 Å². The summed E-state index contributed by atoms with van der Waals surface area (Å²) in [5, 5.41) is 3.03. The van der Waals surface area contributed by atoms with Gasteiger partial charge >= 0.3 is 0 Å². The second-order valence-electron chi connectivity index (χ2n) is 6.43. The fraction of sp³-hybridized carbons (Fsp3) is 0.0909. The van der Waals surface area contributed by atoms with Gasteiger partial charge in [-0.25, -0.2) is 4.98 Å². The molecule has 1 N–H and O–H groups in total. The Bertz CT molecular complexity index is 1150. The Kier molecular flexibility index (Phi) is 4.88. The van der Waals surface area contributed by atoms with E-state index in [0.717, 1.165) is 27.0 Å². The number of pyridine rings is 1. The van der Waals surface area contributed by atoms with Crippen LogP contribution in [0.5, 0.6) is 5.75 Å². The van der Waals surface area contributed by atoms with E-state index in [9.17, 15) is 4.79 Å². The number of hydrogen-bond donors (Lipinski definition) is 1. The molecule has 0 bridgehead atoms. The van der Waals surface area contributed by atoms with Crippen LogP contribution in [-0.2, 0) is 0 Å². The van der Waals surface area contributed by atoms with Gasteiger partial charge in [-0.1, -0.05) is 15.9 Å². The van der Waals surface area contributed by atoms with Gasteiger partial charge in [0, 0.05) is 21.8 Å². The second kappa shape index (κ2) is 7.48. The first-order chi connectivity index (χ1) is 13.5. The molecule has 5 nitrogen and oxygen atoms in total. The van der Waals surface area contributed by atoms with Crippen LogP contribution in [0, 0.1) is 6.92 Å². The van der Waals surface area contributed by atoms with Crippen LogP contribution in [-0.4, -0.2) is 22.4 Å². The average Bonchev–Trinajstić information content (AvgIpc) is 3.05. The summed E-state index contributed by atoms with van der Waals surface area (Å²) in [7, 11) is 1.63. The van der Waals surface area contributed by atoms with Crippen molar-refractivity contribution in [2.75, 3.05) is 12.4 Å². The number of fused-ring (bicyclic) bond motifs is 1. The Balaban J connectivity index is 1.80. The summed E-state index contributed by atoms with van der Waals surface area (Å²) in [4.78, 5) is 17.6. The van der Waals surface area contributed by atoms with Gasteiger partial charge < -0.3 is 10.1 Å². The Hall–Kier alpha value is -3.12. The monoisotopic (exact) mass is 435 g/mol. The highest BCUT2D eigenvalue weighted by Crippen LogP contribution is 2.30. The number of amides is 1. The number of anilines is 1. The zero-order valence-corrected chi connectivity index (χ0v) is 17.0. The Morgan fingerprint density at radius 3 is 2.46 bits per heavy atom. The summed E-state index contributed by atoms with van der Waals surface area (Å²) >= 11 is 3.39.